The Labute approximate surface area is 226 Å². The molecule has 194 valence electrons. The molecular weight excluding hydrogens is 509 g/mol. The van der Waals surface area contributed by atoms with Crippen molar-refractivity contribution in [1.82, 2.24) is 4.57 Å². The zero-order valence-corrected chi connectivity index (χ0v) is 20.9. The van der Waals surface area contributed by atoms with Crippen molar-refractivity contribution in [2.75, 3.05) is 0 Å². The normalized spacial score (nSPS) is 11.9. The third-order valence-electron chi connectivity index (χ3n) is 7.80. The molecule has 0 amide bonds. The van der Waals surface area contributed by atoms with E-state index in [9.17, 15) is 35.7 Å². The first-order valence-corrected chi connectivity index (χ1v) is 12.3. The monoisotopic (exact) mass is 529 g/mol. The van der Waals surface area contributed by atoms with Gasteiger partial charge in [0.15, 0.2) is 28.7 Å². The summed E-state index contributed by atoms with van der Waals surface area (Å²) in [6, 6.07) is 19.8. The van der Waals surface area contributed by atoms with E-state index in [1.54, 1.807) is 0 Å². The van der Waals surface area contributed by atoms with E-state index in [1.165, 1.54) is 4.57 Å². The van der Waals surface area contributed by atoms with E-state index in [-0.39, 0.29) is 27.3 Å². The van der Waals surface area contributed by atoms with Crippen LogP contribution in [0.1, 0.15) is 5.56 Å². The summed E-state index contributed by atoms with van der Waals surface area (Å²) >= 11 is 0. The molecule has 0 aliphatic heterocycles. The Hall–Kier alpha value is -5.44. The van der Waals surface area contributed by atoms with Crippen molar-refractivity contribution in [2.45, 2.75) is 6.92 Å². The first-order valence-electron chi connectivity index (χ1n) is 12.3. The maximum absolute atomic E-state index is 11.1. The maximum Gasteiger partial charge on any atom is 0.206 e. The van der Waals surface area contributed by atoms with Crippen molar-refractivity contribution in [3.8, 4) is 45.9 Å². The minimum atomic E-state index is -1.03. The summed E-state index contributed by atoms with van der Waals surface area (Å²) in [6.45, 7) is 1.82. The average molecular weight is 529 g/mol. The number of phenolic OH excluding ortho intramolecular Hbond substituents is 7. The maximum atomic E-state index is 11.1. The van der Waals surface area contributed by atoms with Crippen LogP contribution in [0, 0.1) is 6.92 Å². The van der Waals surface area contributed by atoms with Crippen LogP contribution in [0.5, 0.6) is 40.2 Å². The van der Waals surface area contributed by atoms with E-state index in [0.29, 0.717) is 11.3 Å². The predicted octanol–water partition coefficient (Wildman–Crippen LogP) is 5.28. The molecule has 2 radical (unpaired) electrons. The van der Waals surface area contributed by atoms with Crippen molar-refractivity contribution in [3.63, 3.8) is 0 Å². The second kappa shape index (κ2) is 7.80. The summed E-state index contributed by atoms with van der Waals surface area (Å²) in [5.41, 5.74) is 0.490. The minimum absolute atomic E-state index is 0.0639. The quantitative estimate of drug-likeness (QED) is 0.0663. The number of aryl methyl sites for hydroxylation is 1. The fourth-order valence-electron chi connectivity index (χ4n) is 5.97. The molecule has 0 bridgehead atoms. The van der Waals surface area contributed by atoms with Crippen molar-refractivity contribution in [2.24, 2.45) is 0 Å². The Morgan fingerprint density at radius 2 is 0.925 bits per heavy atom. The van der Waals surface area contributed by atoms with Crippen LogP contribution in [0.3, 0.4) is 0 Å². The molecule has 0 spiro atoms. The molecule has 0 saturated heterocycles. The number of aromatic hydroxyl groups is 7. The molecule has 0 saturated carbocycles. The first-order chi connectivity index (χ1) is 19.1. The smallest absolute Gasteiger partial charge is 0.206 e. The SMILES string of the molecule is [B]c1c(O)c(O)c(O)c2c3c(O)c(O)c(O)c(O)c3n(-c3cc4c5ccccc5c5ccccc5c4cc3C)c12. The lowest BCUT2D eigenvalue weighted by molar-refractivity contribution is 0.350. The predicted molar refractivity (Wildman–Crippen MR) is 155 cm³/mol. The fraction of sp³-hybridized carbons (Fsp3) is 0.0323. The number of aromatic nitrogens is 1. The number of benzene rings is 6. The molecule has 7 rings (SSSR count). The summed E-state index contributed by atoms with van der Waals surface area (Å²) in [6.07, 6.45) is 0. The number of hydrogen-bond donors (Lipinski definition) is 7. The highest BCUT2D eigenvalue weighted by atomic mass is 16.3. The Morgan fingerprint density at radius 3 is 1.48 bits per heavy atom. The minimum Gasteiger partial charge on any atom is -0.505 e. The van der Waals surface area contributed by atoms with E-state index in [1.807, 2.05) is 61.5 Å². The Bertz CT molecular complexity index is 2190. The van der Waals surface area contributed by atoms with Crippen LogP contribution < -0.4 is 5.46 Å². The highest BCUT2D eigenvalue weighted by Crippen LogP contribution is 2.56. The number of phenols is 7. The number of nitrogens with zero attached hydrogens (tertiary/aromatic N) is 1. The first kappa shape index (κ1) is 23.7. The number of hydrogen-bond acceptors (Lipinski definition) is 7. The van der Waals surface area contributed by atoms with Crippen LogP contribution in [-0.4, -0.2) is 48.2 Å². The summed E-state index contributed by atoms with van der Waals surface area (Å²) in [7, 11) is 6.26. The van der Waals surface area contributed by atoms with Gasteiger partial charge in [-0.15, -0.1) is 0 Å². The molecule has 9 heteroatoms. The summed E-state index contributed by atoms with van der Waals surface area (Å²) in [5, 5.41) is 79.9. The molecule has 0 aliphatic rings. The summed E-state index contributed by atoms with van der Waals surface area (Å²) in [5.74, 6) is -6.26. The average Bonchev–Trinajstić information content (AvgIpc) is 3.33. The second-order valence-electron chi connectivity index (χ2n) is 9.91. The van der Waals surface area contributed by atoms with E-state index in [2.05, 4.69) is 6.07 Å². The highest BCUT2D eigenvalue weighted by Gasteiger charge is 2.31. The van der Waals surface area contributed by atoms with Gasteiger partial charge in [-0.05, 0) is 62.4 Å². The van der Waals surface area contributed by atoms with Gasteiger partial charge in [0.2, 0.25) is 11.5 Å². The third-order valence-corrected chi connectivity index (χ3v) is 7.80. The van der Waals surface area contributed by atoms with Gasteiger partial charge in [0.25, 0.3) is 0 Å². The van der Waals surface area contributed by atoms with Crippen molar-refractivity contribution >= 4 is 67.4 Å². The van der Waals surface area contributed by atoms with Crippen LogP contribution in [-0.2, 0) is 0 Å². The van der Waals surface area contributed by atoms with Gasteiger partial charge in [0.05, 0.1) is 16.3 Å². The van der Waals surface area contributed by atoms with Gasteiger partial charge in [-0.2, -0.15) is 0 Å². The van der Waals surface area contributed by atoms with Crippen LogP contribution in [0.4, 0.5) is 0 Å². The Balaban J connectivity index is 1.77. The molecule has 0 aliphatic carbocycles. The highest BCUT2D eigenvalue weighted by molar-refractivity contribution is 6.43. The van der Waals surface area contributed by atoms with Crippen molar-refractivity contribution in [1.29, 1.82) is 0 Å². The van der Waals surface area contributed by atoms with Crippen LogP contribution in [0.2, 0.25) is 0 Å². The topological polar surface area (TPSA) is 147 Å². The largest absolute Gasteiger partial charge is 0.505 e. The van der Waals surface area contributed by atoms with Crippen molar-refractivity contribution < 1.29 is 35.7 Å². The van der Waals surface area contributed by atoms with Gasteiger partial charge >= 0.3 is 0 Å². The lowest BCUT2D eigenvalue weighted by Gasteiger charge is -2.18. The van der Waals surface area contributed by atoms with Crippen molar-refractivity contribution in [3.05, 3.63) is 66.2 Å². The fourth-order valence-corrected chi connectivity index (χ4v) is 5.97. The molecule has 7 N–H and O–H groups in total. The Morgan fingerprint density at radius 1 is 0.500 bits per heavy atom. The van der Waals surface area contributed by atoms with Gasteiger partial charge in [-0.1, -0.05) is 48.5 Å². The molecule has 1 aromatic heterocycles. The molecule has 1 heterocycles. The number of rotatable bonds is 1. The molecule has 7 aromatic rings. The van der Waals surface area contributed by atoms with Crippen LogP contribution in [0.25, 0.3) is 59.8 Å². The van der Waals surface area contributed by atoms with Gasteiger partial charge in [0.1, 0.15) is 13.4 Å². The van der Waals surface area contributed by atoms with Gasteiger partial charge in [-0.3, -0.25) is 0 Å². The van der Waals surface area contributed by atoms with Gasteiger partial charge < -0.3 is 40.3 Å². The molecule has 0 fully saturated rings. The van der Waals surface area contributed by atoms with Gasteiger partial charge in [0, 0.05) is 5.69 Å². The zero-order valence-electron chi connectivity index (χ0n) is 20.9. The summed E-state index contributed by atoms with van der Waals surface area (Å²) in [4.78, 5) is 0. The molecule has 0 unspecified atom stereocenters. The molecular formula is C31H20BNO7. The van der Waals surface area contributed by atoms with E-state index in [4.69, 9.17) is 7.85 Å². The Kier molecular flexibility index (Phi) is 4.61. The summed E-state index contributed by atoms with van der Waals surface area (Å²) < 4.78 is 1.38. The van der Waals surface area contributed by atoms with E-state index in [0.717, 1.165) is 32.3 Å². The second-order valence-corrected chi connectivity index (χ2v) is 9.91. The standard InChI is InChI=1S/C31H20BNO7/c1-12-10-17-15-8-4-2-6-13(15)14-7-3-5-9-16(14)18(17)11-19(12)33-23-20(25(34)29(38)27(36)22(23)32)21-24(33)28(37)31(40)30(39)26(21)35/h2-11,34-40H,1H3. The third kappa shape index (κ3) is 2.75. The molecule has 6 aromatic carbocycles. The van der Waals surface area contributed by atoms with Gasteiger partial charge in [-0.25, -0.2) is 0 Å². The van der Waals surface area contributed by atoms with Crippen LogP contribution >= 0.6 is 0 Å². The number of fused-ring (bicyclic) bond motifs is 9. The lowest BCUT2D eigenvalue weighted by Crippen LogP contribution is -2.10. The van der Waals surface area contributed by atoms with Crippen LogP contribution in [0.15, 0.2) is 60.7 Å². The molecule has 40 heavy (non-hydrogen) atoms. The zero-order chi connectivity index (χ0) is 28.2. The molecule has 0 atom stereocenters. The molecule has 8 nitrogen and oxygen atoms in total. The lowest BCUT2D eigenvalue weighted by atomic mass is 9.90. The van der Waals surface area contributed by atoms with E-state index >= 15 is 0 Å². The van der Waals surface area contributed by atoms with E-state index < -0.39 is 40.2 Å².